The van der Waals surface area contributed by atoms with Gasteiger partial charge in [-0.3, -0.25) is 0 Å². The molecule has 146 valence electrons. The Labute approximate surface area is 169 Å². The SMILES string of the molecule is COc1ccc(N2CCN(S(=O)(=O)c3cc(Cl)cc(Cl)c3)CC2)c(OC)c1. The fourth-order valence-electron chi connectivity index (χ4n) is 3.04. The van der Waals surface area contributed by atoms with Crippen LogP contribution in [0.25, 0.3) is 0 Å². The minimum atomic E-state index is -3.65. The molecule has 9 heteroatoms. The Hall–Kier alpha value is -1.67. The highest BCUT2D eigenvalue weighted by atomic mass is 35.5. The maximum Gasteiger partial charge on any atom is 0.243 e. The van der Waals surface area contributed by atoms with Crippen molar-refractivity contribution in [3.63, 3.8) is 0 Å². The van der Waals surface area contributed by atoms with Gasteiger partial charge in [-0.2, -0.15) is 4.31 Å². The van der Waals surface area contributed by atoms with Gasteiger partial charge in [-0.15, -0.1) is 0 Å². The van der Waals surface area contributed by atoms with Crippen LogP contribution in [0, 0.1) is 0 Å². The highest BCUT2D eigenvalue weighted by Crippen LogP contribution is 2.33. The number of hydrogen-bond acceptors (Lipinski definition) is 5. The second kappa shape index (κ2) is 8.14. The van der Waals surface area contributed by atoms with Crippen LogP contribution in [-0.4, -0.2) is 53.1 Å². The van der Waals surface area contributed by atoms with Crippen LogP contribution in [0.2, 0.25) is 10.0 Å². The van der Waals surface area contributed by atoms with Gasteiger partial charge in [0, 0.05) is 42.3 Å². The number of sulfonamides is 1. The quantitative estimate of drug-likeness (QED) is 0.725. The zero-order valence-corrected chi connectivity index (χ0v) is 17.3. The van der Waals surface area contributed by atoms with Crippen molar-refractivity contribution in [1.29, 1.82) is 0 Å². The van der Waals surface area contributed by atoms with Gasteiger partial charge < -0.3 is 14.4 Å². The van der Waals surface area contributed by atoms with E-state index < -0.39 is 10.0 Å². The van der Waals surface area contributed by atoms with Gasteiger partial charge in [-0.05, 0) is 30.3 Å². The average Bonchev–Trinajstić information content (AvgIpc) is 2.66. The largest absolute Gasteiger partial charge is 0.497 e. The summed E-state index contributed by atoms with van der Waals surface area (Å²) in [4.78, 5) is 2.20. The van der Waals surface area contributed by atoms with Gasteiger partial charge in [0.2, 0.25) is 10.0 Å². The lowest BCUT2D eigenvalue weighted by Crippen LogP contribution is -2.48. The molecule has 0 unspecified atom stereocenters. The molecule has 1 saturated heterocycles. The van der Waals surface area contributed by atoms with Gasteiger partial charge in [-0.25, -0.2) is 8.42 Å². The number of halogens is 2. The molecule has 0 saturated carbocycles. The Balaban J connectivity index is 1.77. The molecule has 1 heterocycles. The van der Waals surface area contributed by atoms with Crippen LogP contribution in [0.15, 0.2) is 41.3 Å². The van der Waals surface area contributed by atoms with Gasteiger partial charge in [0.15, 0.2) is 0 Å². The highest BCUT2D eigenvalue weighted by Gasteiger charge is 2.30. The third-order valence-corrected chi connectivity index (χ3v) is 6.75. The van der Waals surface area contributed by atoms with Crippen LogP contribution >= 0.6 is 23.2 Å². The molecule has 27 heavy (non-hydrogen) atoms. The fourth-order valence-corrected chi connectivity index (χ4v) is 5.19. The first-order valence-electron chi connectivity index (χ1n) is 8.28. The van der Waals surface area contributed by atoms with Crippen molar-refractivity contribution in [2.24, 2.45) is 0 Å². The summed E-state index contributed by atoms with van der Waals surface area (Å²) in [5.74, 6) is 1.39. The zero-order valence-electron chi connectivity index (χ0n) is 15.0. The van der Waals surface area contributed by atoms with E-state index in [9.17, 15) is 8.42 Å². The summed E-state index contributed by atoms with van der Waals surface area (Å²) < 4.78 is 37.9. The highest BCUT2D eigenvalue weighted by molar-refractivity contribution is 7.89. The zero-order chi connectivity index (χ0) is 19.6. The Morgan fingerprint density at radius 2 is 1.52 bits per heavy atom. The Morgan fingerprint density at radius 3 is 2.07 bits per heavy atom. The molecule has 0 bridgehead atoms. The Morgan fingerprint density at radius 1 is 0.889 bits per heavy atom. The molecule has 0 N–H and O–H groups in total. The molecule has 0 spiro atoms. The molecule has 0 radical (unpaired) electrons. The molecule has 3 rings (SSSR count). The first-order chi connectivity index (χ1) is 12.8. The van der Waals surface area contributed by atoms with E-state index in [2.05, 4.69) is 4.90 Å². The van der Waals surface area contributed by atoms with Crippen LogP contribution in [-0.2, 0) is 10.0 Å². The van der Waals surface area contributed by atoms with Crippen molar-refractivity contribution in [3.05, 3.63) is 46.4 Å². The van der Waals surface area contributed by atoms with E-state index in [1.807, 2.05) is 18.2 Å². The van der Waals surface area contributed by atoms with Gasteiger partial charge in [0.25, 0.3) is 0 Å². The first kappa shape index (κ1) is 20.1. The van der Waals surface area contributed by atoms with Crippen molar-refractivity contribution in [2.45, 2.75) is 4.90 Å². The third-order valence-electron chi connectivity index (χ3n) is 4.44. The van der Waals surface area contributed by atoms with Gasteiger partial charge in [0.05, 0.1) is 24.8 Å². The van der Waals surface area contributed by atoms with Crippen LogP contribution < -0.4 is 14.4 Å². The molecule has 2 aromatic carbocycles. The van der Waals surface area contributed by atoms with E-state index in [4.69, 9.17) is 32.7 Å². The molecular weight excluding hydrogens is 411 g/mol. The third kappa shape index (κ3) is 4.27. The molecule has 6 nitrogen and oxygen atoms in total. The van der Waals surface area contributed by atoms with Gasteiger partial charge in [0.1, 0.15) is 11.5 Å². The van der Waals surface area contributed by atoms with Crippen molar-refractivity contribution < 1.29 is 17.9 Å². The van der Waals surface area contributed by atoms with E-state index in [0.717, 1.165) is 5.69 Å². The van der Waals surface area contributed by atoms with Gasteiger partial charge >= 0.3 is 0 Å². The average molecular weight is 431 g/mol. The number of benzene rings is 2. The molecular formula is C18H20Cl2N2O4S. The predicted molar refractivity (Wildman–Crippen MR) is 107 cm³/mol. The Kier molecular flexibility index (Phi) is 6.05. The molecule has 0 aromatic heterocycles. The predicted octanol–water partition coefficient (Wildman–Crippen LogP) is 3.52. The summed E-state index contributed by atoms with van der Waals surface area (Å²) in [6.45, 7) is 1.77. The summed E-state index contributed by atoms with van der Waals surface area (Å²) in [6, 6.07) is 9.93. The van der Waals surface area contributed by atoms with E-state index in [1.165, 1.54) is 22.5 Å². The van der Waals surface area contributed by atoms with Crippen molar-refractivity contribution >= 4 is 38.9 Å². The number of anilines is 1. The standard InChI is InChI=1S/C18H20Cl2N2O4S/c1-25-15-3-4-17(18(12-15)26-2)21-5-7-22(8-6-21)27(23,24)16-10-13(19)9-14(20)11-16/h3-4,9-12H,5-8H2,1-2H3. The Bertz CT molecular complexity index is 909. The molecule has 0 atom stereocenters. The van der Waals surface area contributed by atoms with E-state index in [0.29, 0.717) is 47.7 Å². The maximum atomic E-state index is 12.9. The van der Waals surface area contributed by atoms with Crippen molar-refractivity contribution in [2.75, 3.05) is 45.3 Å². The van der Waals surface area contributed by atoms with Crippen LogP contribution in [0.3, 0.4) is 0 Å². The second-order valence-corrected chi connectivity index (χ2v) is 8.84. The fraction of sp³-hybridized carbons (Fsp3) is 0.333. The second-order valence-electron chi connectivity index (χ2n) is 6.03. The lowest BCUT2D eigenvalue weighted by Gasteiger charge is -2.36. The number of piperazine rings is 1. The van der Waals surface area contributed by atoms with E-state index in [1.54, 1.807) is 14.2 Å². The van der Waals surface area contributed by atoms with Crippen LogP contribution in [0.4, 0.5) is 5.69 Å². The lowest BCUT2D eigenvalue weighted by atomic mass is 10.2. The molecule has 1 fully saturated rings. The van der Waals surface area contributed by atoms with Crippen molar-refractivity contribution in [3.8, 4) is 11.5 Å². The van der Waals surface area contributed by atoms with E-state index in [-0.39, 0.29) is 4.90 Å². The normalized spacial score (nSPS) is 15.6. The van der Waals surface area contributed by atoms with Crippen LogP contribution in [0.1, 0.15) is 0 Å². The lowest BCUT2D eigenvalue weighted by molar-refractivity contribution is 0.375. The number of rotatable bonds is 5. The topological polar surface area (TPSA) is 59.1 Å². The number of methoxy groups -OCH3 is 2. The number of hydrogen-bond donors (Lipinski definition) is 0. The first-order valence-corrected chi connectivity index (χ1v) is 10.5. The minimum Gasteiger partial charge on any atom is -0.497 e. The van der Waals surface area contributed by atoms with Crippen LogP contribution in [0.5, 0.6) is 11.5 Å². The van der Waals surface area contributed by atoms with E-state index >= 15 is 0 Å². The summed E-state index contributed by atoms with van der Waals surface area (Å²) >= 11 is 11.9. The van der Waals surface area contributed by atoms with Crippen molar-refractivity contribution in [1.82, 2.24) is 4.31 Å². The molecule has 0 amide bonds. The smallest absolute Gasteiger partial charge is 0.243 e. The monoisotopic (exact) mass is 430 g/mol. The molecule has 1 aliphatic heterocycles. The summed E-state index contributed by atoms with van der Waals surface area (Å²) in [6.07, 6.45) is 0. The molecule has 1 aliphatic rings. The van der Waals surface area contributed by atoms with Gasteiger partial charge in [-0.1, -0.05) is 23.2 Å². The molecule has 2 aromatic rings. The number of nitrogens with zero attached hydrogens (tertiary/aromatic N) is 2. The maximum absolute atomic E-state index is 12.9. The minimum absolute atomic E-state index is 0.107. The summed E-state index contributed by atoms with van der Waals surface area (Å²) in [7, 11) is -0.456. The number of ether oxygens (including phenoxy) is 2. The summed E-state index contributed by atoms with van der Waals surface area (Å²) in [5, 5.41) is 0.588. The molecule has 0 aliphatic carbocycles. The summed E-state index contributed by atoms with van der Waals surface area (Å²) in [5.41, 5.74) is 0.904.